The van der Waals surface area contributed by atoms with Crippen LogP contribution in [0.4, 0.5) is 19.3 Å². The first-order chi connectivity index (χ1) is 9.79. The van der Waals surface area contributed by atoms with Gasteiger partial charge in [0, 0.05) is 23.5 Å². The number of urea groups is 1. The summed E-state index contributed by atoms with van der Waals surface area (Å²) in [6.07, 6.45) is -1.06. The summed E-state index contributed by atoms with van der Waals surface area (Å²) < 4.78 is 26.6. The summed E-state index contributed by atoms with van der Waals surface area (Å²) in [6, 6.07) is -0.521. The molecule has 1 fully saturated rings. The normalized spacial score (nSPS) is 21.4. The summed E-state index contributed by atoms with van der Waals surface area (Å²) in [5.74, 6) is -3.08. The molecular weight excluding hydrogens is 354 g/mol. The maximum atomic E-state index is 13.6. The van der Waals surface area contributed by atoms with Crippen LogP contribution in [0.5, 0.6) is 0 Å². The van der Waals surface area contributed by atoms with Crippen LogP contribution in [0.15, 0.2) is 16.6 Å². The lowest BCUT2D eigenvalue weighted by Gasteiger charge is -2.22. The summed E-state index contributed by atoms with van der Waals surface area (Å²) in [7, 11) is 0. The van der Waals surface area contributed by atoms with Crippen LogP contribution >= 0.6 is 15.9 Å². The van der Waals surface area contributed by atoms with Crippen LogP contribution in [0.3, 0.4) is 0 Å². The molecule has 2 rings (SSSR count). The van der Waals surface area contributed by atoms with Gasteiger partial charge in [-0.2, -0.15) is 0 Å². The SMILES string of the molecule is O=C(O)[C@@H]1C[C@H](O)CN1C(=O)Nc1c(F)cc(F)cc1Br. The highest BCUT2D eigenvalue weighted by Gasteiger charge is 2.39. The number of aliphatic hydroxyl groups excluding tert-OH is 1. The van der Waals surface area contributed by atoms with Crippen molar-refractivity contribution in [3.63, 3.8) is 0 Å². The van der Waals surface area contributed by atoms with Crippen molar-refractivity contribution in [1.29, 1.82) is 0 Å². The molecule has 0 saturated carbocycles. The Kier molecular flexibility index (Phi) is 4.43. The zero-order valence-electron chi connectivity index (χ0n) is 10.5. The van der Waals surface area contributed by atoms with Crippen LogP contribution in [-0.4, -0.2) is 45.8 Å². The summed E-state index contributed by atoms with van der Waals surface area (Å²) in [4.78, 5) is 23.9. The van der Waals surface area contributed by atoms with E-state index in [0.717, 1.165) is 11.0 Å². The monoisotopic (exact) mass is 364 g/mol. The molecule has 0 radical (unpaired) electrons. The molecule has 2 atom stereocenters. The maximum Gasteiger partial charge on any atom is 0.326 e. The van der Waals surface area contributed by atoms with E-state index in [1.165, 1.54) is 0 Å². The van der Waals surface area contributed by atoms with Gasteiger partial charge in [0.05, 0.1) is 11.8 Å². The van der Waals surface area contributed by atoms with E-state index in [1.54, 1.807) is 0 Å². The van der Waals surface area contributed by atoms with E-state index < -0.39 is 35.8 Å². The molecular formula is C12H11BrF2N2O4. The number of amides is 2. The molecule has 6 nitrogen and oxygen atoms in total. The van der Waals surface area contributed by atoms with Crippen molar-refractivity contribution < 1.29 is 28.6 Å². The number of carboxylic acids is 1. The molecule has 1 aromatic rings. The van der Waals surface area contributed by atoms with Gasteiger partial charge in [0.1, 0.15) is 11.9 Å². The molecule has 1 aliphatic rings. The standard InChI is InChI=1S/C12H11BrF2N2O4/c13-7-1-5(14)2-8(15)10(7)16-12(21)17-4-6(18)3-9(17)11(19)20/h1-2,6,9,18H,3-4H2,(H,16,21)(H,19,20)/t6-,9-/m0/s1. The number of aliphatic hydroxyl groups is 1. The van der Waals surface area contributed by atoms with E-state index >= 15 is 0 Å². The van der Waals surface area contributed by atoms with Crippen LogP contribution in [0.2, 0.25) is 0 Å². The number of β-amino-alcohol motifs (C(OH)–C–C–N with tert-alkyl or cyclic N) is 1. The third kappa shape index (κ3) is 3.30. The zero-order chi connectivity index (χ0) is 15.7. The lowest BCUT2D eigenvalue weighted by atomic mass is 10.2. The number of carbonyl (C=O) groups is 2. The van der Waals surface area contributed by atoms with E-state index in [1.807, 2.05) is 0 Å². The topological polar surface area (TPSA) is 89.9 Å². The minimum Gasteiger partial charge on any atom is -0.480 e. The molecule has 0 unspecified atom stereocenters. The molecule has 1 aliphatic heterocycles. The predicted molar refractivity (Wildman–Crippen MR) is 71.8 cm³/mol. The number of anilines is 1. The van der Waals surface area contributed by atoms with Gasteiger partial charge in [-0.15, -0.1) is 0 Å². The molecule has 0 bridgehead atoms. The first-order valence-electron chi connectivity index (χ1n) is 5.92. The van der Waals surface area contributed by atoms with E-state index in [-0.39, 0.29) is 23.1 Å². The number of rotatable bonds is 2. The molecule has 0 aliphatic carbocycles. The van der Waals surface area contributed by atoms with Gasteiger partial charge in [0.2, 0.25) is 0 Å². The number of benzene rings is 1. The molecule has 2 amide bonds. The lowest BCUT2D eigenvalue weighted by molar-refractivity contribution is -0.141. The number of nitrogens with zero attached hydrogens (tertiary/aromatic N) is 1. The van der Waals surface area contributed by atoms with Crippen molar-refractivity contribution in [3.8, 4) is 0 Å². The Morgan fingerprint density at radius 2 is 2.05 bits per heavy atom. The Labute approximate surface area is 126 Å². The average Bonchev–Trinajstić information content (AvgIpc) is 2.76. The second-order valence-corrected chi connectivity index (χ2v) is 5.42. The number of aliphatic carboxylic acids is 1. The van der Waals surface area contributed by atoms with Crippen molar-refractivity contribution in [2.75, 3.05) is 11.9 Å². The third-order valence-corrected chi connectivity index (χ3v) is 3.69. The van der Waals surface area contributed by atoms with Gasteiger partial charge in [0.15, 0.2) is 5.82 Å². The Morgan fingerprint density at radius 3 is 2.62 bits per heavy atom. The zero-order valence-corrected chi connectivity index (χ0v) is 12.1. The minimum absolute atomic E-state index is 0.0139. The summed E-state index contributed by atoms with van der Waals surface area (Å²) >= 11 is 2.91. The van der Waals surface area contributed by atoms with Gasteiger partial charge in [-0.05, 0) is 22.0 Å². The van der Waals surface area contributed by atoms with Gasteiger partial charge in [-0.1, -0.05) is 0 Å². The molecule has 0 spiro atoms. The smallest absolute Gasteiger partial charge is 0.326 e. The van der Waals surface area contributed by atoms with Crippen molar-refractivity contribution >= 4 is 33.6 Å². The number of hydrogen-bond donors (Lipinski definition) is 3. The molecule has 0 aromatic heterocycles. The van der Waals surface area contributed by atoms with Gasteiger partial charge in [-0.25, -0.2) is 18.4 Å². The van der Waals surface area contributed by atoms with Crippen molar-refractivity contribution in [3.05, 3.63) is 28.2 Å². The number of carbonyl (C=O) groups excluding carboxylic acids is 1. The van der Waals surface area contributed by atoms with Crippen LogP contribution < -0.4 is 5.32 Å². The van der Waals surface area contributed by atoms with Crippen molar-refractivity contribution in [1.82, 2.24) is 4.90 Å². The summed E-state index contributed by atoms with van der Waals surface area (Å²) in [6.45, 7) is -0.177. The van der Waals surface area contributed by atoms with Crippen LogP contribution in [-0.2, 0) is 4.79 Å². The lowest BCUT2D eigenvalue weighted by Crippen LogP contribution is -2.43. The van der Waals surface area contributed by atoms with Gasteiger partial charge < -0.3 is 20.4 Å². The van der Waals surface area contributed by atoms with E-state index in [0.29, 0.717) is 6.07 Å². The first kappa shape index (κ1) is 15.6. The number of halogens is 3. The highest BCUT2D eigenvalue weighted by Crippen LogP contribution is 2.28. The highest BCUT2D eigenvalue weighted by molar-refractivity contribution is 9.10. The fourth-order valence-corrected chi connectivity index (χ4v) is 2.62. The fraction of sp³-hybridized carbons (Fsp3) is 0.333. The van der Waals surface area contributed by atoms with Crippen molar-refractivity contribution in [2.24, 2.45) is 0 Å². The summed E-state index contributed by atoms with van der Waals surface area (Å²) in [5, 5.41) is 20.6. The first-order valence-corrected chi connectivity index (χ1v) is 6.72. The molecule has 1 saturated heterocycles. The minimum atomic E-state index is -1.26. The third-order valence-electron chi connectivity index (χ3n) is 3.06. The van der Waals surface area contributed by atoms with Gasteiger partial charge in [-0.3, -0.25) is 0 Å². The van der Waals surface area contributed by atoms with Crippen molar-refractivity contribution in [2.45, 2.75) is 18.6 Å². The molecule has 1 aromatic carbocycles. The van der Waals surface area contributed by atoms with E-state index in [9.17, 15) is 23.5 Å². The van der Waals surface area contributed by atoms with E-state index in [4.69, 9.17) is 5.11 Å². The van der Waals surface area contributed by atoms with Crippen LogP contribution in [0.25, 0.3) is 0 Å². The largest absolute Gasteiger partial charge is 0.480 e. The number of nitrogens with one attached hydrogen (secondary N) is 1. The average molecular weight is 365 g/mol. The molecule has 9 heteroatoms. The Balaban J connectivity index is 2.20. The van der Waals surface area contributed by atoms with E-state index in [2.05, 4.69) is 21.2 Å². The molecule has 3 N–H and O–H groups in total. The molecule has 114 valence electrons. The molecule has 1 heterocycles. The number of hydrogen-bond acceptors (Lipinski definition) is 3. The Morgan fingerprint density at radius 1 is 1.38 bits per heavy atom. The van der Waals surface area contributed by atoms with Crippen LogP contribution in [0, 0.1) is 11.6 Å². The van der Waals surface area contributed by atoms with Gasteiger partial charge >= 0.3 is 12.0 Å². The Hall–Kier alpha value is -1.74. The number of carboxylic acid groups (broad SMARTS) is 1. The predicted octanol–water partition coefficient (Wildman–Crippen LogP) is 1.78. The second kappa shape index (κ2) is 5.94. The quantitative estimate of drug-likeness (QED) is 0.746. The Bertz CT molecular complexity index is 576. The number of likely N-dealkylation sites (tertiary alicyclic amines) is 1. The summed E-state index contributed by atoms with van der Waals surface area (Å²) in [5.41, 5.74) is -0.299. The maximum absolute atomic E-state index is 13.6. The second-order valence-electron chi connectivity index (χ2n) is 4.57. The molecule has 21 heavy (non-hydrogen) atoms. The highest BCUT2D eigenvalue weighted by atomic mass is 79.9. The van der Waals surface area contributed by atoms with Crippen LogP contribution in [0.1, 0.15) is 6.42 Å². The van der Waals surface area contributed by atoms with Gasteiger partial charge in [0.25, 0.3) is 0 Å². The fourth-order valence-electron chi connectivity index (χ4n) is 2.11.